The zero-order valence-corrected chi connectivity index (χ0v) is 30.8. The van der Waals surface area contributed by atoms with E-state index in [9.17, 15) is 13.2 Å². The lowest BCUT2D eigenvalue weighted by Gasteiger charge is -2.42. The number of anilines is 1. The Labute approximate surface area is 293 Å². The second-order valence-electron chi connectivity index (χ2n) is 12.6. The quantitative estimate of drug-likeness (QED) is 0.293. The number of nitrogens with zero attached hydrogens (tertiary/aromatic N) is 5. The first kappa shape index (κ1) is 36.4. The fraction of sp³-hybridized carbons (Fsp3) is 0.429. The topological polar surface area (TPSA) is 112 Å². The van der Waals surface area contributed by atoms with Crippen LogP contribution in [0.25, 0.3) is 0 Å². The molecule has 0 saturated carbocycles. The number of benzene rings is 3. The fourth-order valence-corrected chi connectivity index (χ4v) is 8.46. The molecular formula is C35H44ClN5O7S. The van der Waals surface area contributed by atoms with Gasteiger partial charge in [-0.3, -0.25) is 19.4 Å². The van der Waals surface area contributed by atoms with E-state index in [0.717, 1.165) is 36.0 Å². The summed E-state index contributed by atoms with van der Waals surface area (Å²) in [4.78, 5) is 36.3. The SMILES string of the molecule is COc1ccc(S(=O)(=O)N2C(=O)C(c3ccc(CN4CCN(C)CC4)cc3OC)(N(C)[C@@H](C)C(=O)N(C)C)c3cc(Cl)ccc32)c(OC)c1. The summed E-state index contributed by atoms with van der Waals surface area (Å²) in [7, 11) is 6.67. The minimum absolute atomic E-state index is 0.00416. The summed E-state index contributed by atoms with van der Waals surface area (Å²) in [6.07, 6.45) is 0. The molecule has 0 aliphatic carbocycles. The minimum Gasteiger partial charge on any atom is -0.497 e. The Morgan fingerprint density at radius 3 is 2.18 bits per heavy atom. The molecular weight excluding hydrogens is 670 g/mol. The molecule has 1 saturated heterocycles. The number of methoxy groups -OCH3 is 3. The lowest BCUT2D eigenvalue weighted by molar-refractivity contribution is -0.138. The van der Waals surface area contributed by atoms with E-state index in [1.807, 2.05) is 12.1 Å². The van der Waals surface area contributed by atoms with Gasteiger partial charge in [-0.15, -0.1) is 0 Å². The van der Waals surface area contributed by atoms with Crippen LogP contribution in [0.3, 0.4) is 0 Å². The fourth-order valence-electron chi connectivity index (χ4n) is 6.69. The monoisotopic (exact) mass is 713 g/mol. The number of sulfonamides is 1. The van der Waals surface area contributed by atoms with Crippen molar-refractivity contribution in [2.24, 2.45) is 0 Å². The zero-order chi connectivity index (χ0) is 35.8. The van der Waals surface area contributed by atoms with Gasteiger partial charge in [0.05, 0.1) is 33.1 Å². The molecule has 2 aliphatic heterocycles. The van der Waals surface area contributed by atoms with E-state index in [1.165, 1.54) is 56.6 Å². The molecule has 2 heterocycles. The third-order valence-corrected chi connectivity index (χ3v) is 11.5. The normalized spacial score (nSPS) is 19.1. The molecule has 2 amide bonds. The summed E-state index contributed by atoms with van der Waals surface area (Å²) in [5.74, 6) is -0.378. The first-order chi connectivity index (χ1) is 23.2. The second kappa shape index (κ2) is 14.2. The highest BCUT2D eigenvalue weighted by Crippen LogP contribution is 2.54. The smallest absolute Gasteiger partial charge is 0.274 e. The summed E-state index contributed by atoms with van der Waals surface area (Å²) in [6.45, 7) is 6.07. The molecule has 1 fully saturated rings. The Balaban J connectivity index is 1.76. The predicted molar refractivity (Wildman–Crippen MR) is 188 cm³/mol. The molecule has 3 aromatic rings. The zero-order valence-electron chi connectivity index (χ0n) is 29.2. The van der Waals surface area contributed by atoms with Crippen LogP contribution in [0, 0.1) is 0 Å². The van der Waals surface area contributed by atoms with Crippen molar-refractivity contribution in [1.29, 1.82) is 0 Å². The van der Waals surface area contributed by atoms with Crippen LogP contribution in [0.5, 0.6) is 17.2 Å². The van der Waals surface area contributed by atoms with Crippen molar-refractivity contribution in [3.05, 3.63) is 76.3 Å². The van der Waals surface area contributed by atoms with Crippen LogP contribution >= 0.6 is 11.6 Å². The predicted octanol–water partition coefficient (Wildman–Crippen LogP) is 3.50. The van der Waals surface area contributed by atoms with Crippen molar-refractivity contribution in [2.75, 3.05) is 80.0 Å². The van der Waals surface area contributed by atoms with Crippen molar-refractivity contribution in [2.45, 2.75) is 29.9 Å². The first-order valence-corrected chi connectivity index (χ1v) is 17.7. The van der Waals surface area contributed by atoms with Gasteiger partial charge in [0.1, 0.15) is 22.1 Å². The van der Waals surface area contributed by atoms with Crippen LogP contribution in [0.15, 0.2) is 59.5 Å². The standard InChI is InChI=1S/C35H44ClN5O7S/c1-23(33(42)37(2)3)39(5)35(27-12-9-24(19-30(27)47-7)22-40-17-15-38(4)16-18-40)28-20-25(36)10-13-29(28)41(34(35)43)49(44,45)32-14-11-26(46-6)21-31(32)48-8/h9-14,19-21,23H,15-18,22H2,1-8H3/t23-,35?/m0/s1. The molecule has 14 heteroatoms. The van der Waals surface area contributed by atoms with Gasteiger partial charge >= 0.3 is 0 Å². The molecule has 2 aliphatic rings. The number of amides is 2. The van der Waals surface area contributed by atoms with Crippen LogP contribution in [0.4, 0.5) is 5.69 Å². The van der Waals surface area contributed by atoms with E-state index in [-0.39, 0.29) is 32.8 Å². The van der Waals surface area contributed by atoms with E-state index < -0.39 is 27.5 Å². The van der Waals surface area contributed by atoms with Crippen molar-refractivity contribution < 1.29 is 32.2 Å². The average Bonchev–Trinajstić information content (AvgIpc) is 3.35. The number of piperazine rings is 1. The molecule has 5 rings (SSSR count). The number of likely N-dealkylation sites (N-methyl/N-ethyl adjacent to an activating group) is 3. The highest BCUT2D eigenvalue weighted by Gasteiger charge is 2.61. The van der Waals surface area contributed by atoms with Crippen molar-refractivity contribution in [3.63, 3.8) is 0 Å². The van der Waals surface area contributed by atoms with E-state index in [1.54, 1.807) is 45.1 Å². The molecule has 0 aromatic heterocycles. The molecule has 12 nitrogen and oxygen atoms in total. The van der Waals surface area contributed by atoms with Crippen molar-refractivity contribution in [3.8, 4) is 17.2 Å². The Hall–Kier alpha value is -3.88. The number of carbonyl (C=O) groups is 2. The third-order valence-electron chi connectivity index (χ3n) is 9.52. The second-order valence-corrected chi connectivity index (χ2v) is 14.8. The van der Waals surface area contributed by atoms with E-state index in [4.69, 9.17) is 25.8 Å². The summed E-state index contributed by atoms with van der Waals surface area (Å²) < 4.78 is 46.9. The third kappa shape index (κ3) is 6.34. The number of fused-ring (bicyclic) bond motifs is 1. The summed E-state index contributed by atoms with van der Waals surface area (Å²) >= 11 is 6.61. The lowest BCUT2D eigenvalue weighted by atomic mass is 9.80. The maximum atomic E-state index is 15.4. The van der Waals surface area contributed by atoms with Gasteiger partial charge in [0, 0.05) is 69.0 Å². The van der Waals surface area contributed by atoms with Crippen LogP contribution < -0.4 is 18.5 Å². The summed E-state index contributed by atoms with van der Waals surface area (Å²) in [6, 6.07) is 13.6. The van der Waals surface area contributed by atoms with E-state index in [2.05, 4.69) is 16.8 Å². The van der Waals surface area contributed by atoms with Gasteiger partial charge in [-0.1, -0.05) is 23.7 Å². The molecule has 0 bridgehead atoms. The van der Waals surface area contributed by atoms with Gasteiger partial charge in [0.15, 0.2) is 5.54 Å². The Morgan fingerprint density at radius 2 is 1.57 bits per heavy atom. The molecule has 264 valence electrons. The minimum atomic E-state index is -4.62. The summed E-state index contributed by atoms with van der Waals surface area (Å²) in [5.41, 5.74) is -0.162. The molecule has 1 unspecified atom stereocenters. The van der Waals surface area contributed by atoms with Crippen molar-refractivity contribution >= 4 is 39.1 Å². The highest BCUT2D eigenvalue weighted by atomic mass is 35.5. The number of halogens is 1. The van der Waals surface area contributed by atoms with Gasteiger partial charge in [-0.2, -0.15) is 0 Å². The van der Waals surface area contributed by atoms with Gasteiger partial charge in [-0.05, 0) is 63.0 Å². The van der Waals surface area contributed by atoms with Crippen LogP contribution in [-0.4, -0.2) is 122 Å². The number of hydrogen-bond acceptors (Lipinski definition) is 10. The van der Waals surface area contributed by atoms with E-state index in [0.29, 0.717) is 23.6 Å². The number of carbonyl (C=O) groups excluding carboxylic acids is 2. The highest BCUT2D eigenvalue weighted by molar-refractivity contribution is 7.93. The number of rotatable bonds is 11. The Kier molecular flexibility index (Phi) is 10.5. The molecule has 49 heavy (non-hydrogen) atoms. The largest absolute Gasteiger partial charge is 0.497 e. The molecule has 0 radical (unpaired) electrons. The van der Waals surface area contributed by atoms with Crippen LogP contribution in [0.1, 0.15) is 23.6 Å². The van der Waals surface area contributed by atoms with E-state index >= 15 is 4.79 Å². The molecule has 3 aromatic carbocycles. The number of hydrogen-bond donors (Lipinski definition) is 0. The maximum absolute atomic E-state index is 15.4. The maximum Gasteiger partial charge on any atom is 0.274 e. The van der Waals surface area contributed by atoms with Gasteiger partial charge < -0.3 is 24.0 Å². The lowest BCUT2D eigenvalue weighted by Crippen LogP contribution is -2.59. The van der Waals surface area contributed by atoms with Crippen molar-refractivity contribution in [1.82, 2.24) is 19.6 Å². The van der Waals surface area contributed by atoms with Gasteiger partial charge in [-0.25, -0.2) is 12.7 Å². The summed E-state index contributed by atoms with van der Waals surface area (Å²) in [5, 5.41) is 0.280. The Morgan fingerprint density at radius 1 is 0.898 bits per heavy atom. The van der Waals surface area contributed by atoms with Gasteiger partial charge in [0.2, 0.25) is 5.91 Å². The molecule has 0 N–H and O–H groups in total. The average molecular weight is 714 g/mol. The van der Waals surface area contributed by atoms with Gasteiger partial charge in [0.25, 0.3) is 15.9 Å². The number of ether oxygens (including phenoxy) is 3. The molecule has 2 atom stereocenters. The van der Waals surface area contributed by atoms with Crippen LogP contribution in [-0.2, 0) is 31.7 Å². The van der Waals surface area contributed by atoms with Crippen LogP contribution in [0.2, 0.25) is 5.02 Å². The first-order valence-electron chi connectivity index (χ1n) is 15.9. The Bertz CT molecular complexity index is 1850. The molecule has 0 spiro atoms.